The van der Waals surface area contributed by atoms with Crippen LogP contribution in [0, 0.1) is 0 Å². The first-order valence-electron chi connectivity index (χ1n) is 7.25. The summed E-state index contributed by atoms with van der Waals surface area (Å²) in [6.07, 6.45) is 0. The number of furan rings is 1. The minimum Gasteiger partial charge on any atom is -0.459 e. The van der Waals surface area contributed by atoms with E-state index in [1.165, 1.54) is 16.7 Å². The highest BCUT2D eigenvalue weighted by Crippen LogP contribution is 2.28. The highest BCUT2D eigenvalue weighted by molar-refractivity contribution is 7.99. The van der Waals surface area contributed by atoms with E-state index in [0.29, 0.717) is 0 Å². The van der Waals surface area contributed by atoms with Crippen molar-refractivity contribution in [1.82, 2.24) is 10.2 Å². The maximum atomic E-state index is 6.10. The fourth-order valence-corrected chi connectivity index (χ4v) is 3.97. The third kappa shape index (κ3) is 2.87. The van der Waals surface area contributed by atoms with Crippen molar-refractivity contribution in [3.63, 3.8) is 0 Å². The molecule has 4 heteroatoms. The smallest absolute Gasteiger partial charge is 0.134 e. The summed E-state index contributed by atoms with van der Waals surface area (Å²) in [5.74, 6) is 2.35. The van der Waals surface area contributed by atoms with Crippen LogP contribution < -0.4 is 5.32 Å². The molecule has 1 aromatic carbocycles. The molecule has 0 amide bonds. The molecular weight excluding hydrogens is 268 g/mol. The van der Waals surface area contributed by atoms with Gasteiger partial charge in [0, 0.05) is 41.6 Å². The van der Waals surface area contributed by atoms with E-state index in [0.717, 1.165) is 42.8 Å². The van der Waals surface area contributed by atoms with Gasteiger partial charge in [0.05, 0.1) is 6.54 Å². The third-order valence-electron chi connectivity index (χ3n) is 3.83. The van der Waals surface area contributed by atoms with Crippen molar-refractivity contribution < 1.29 is 4.42 Å². The van der Waals surface area contributed by atoms with Crippen molar-refractivity contribution in [1.29, 1.82) is 0 Å². The van der Waals surface area contributed by atoms with Gasteiger partial charge in [0.15, 0.2) is 0 Å². The van der Waals surface area contributed by atoms with E-state index < -0.39 is 0 Å². The zero-order valence-corrected chi connectivity index (χ0v) is 13.0. The van der Waals surface area contributed by atoms with E-state index in [4.69, 9.17) is 4.42 Å². The van der Waals surface area contributed by atoms with Gasteiger partial charge in [-0.25, -0.2) is 0 Å². The molecule has 1 aliphatic rings. The summed E-state index contributed by atoms with van der Waals surface area (Å²) >= 11 is 2.07. The average molecular weight is 290 g/mol. The first-order chi connectivity index (χ1) is 9.78. The number of benzene rings is 1. The number of nitrogens with zero attached hydrogens (tertiary/aromatic N) is 1. The van der Waals surface area contributed by atoms with Gasteiger partial charge in [-0.15, -0.1) is 0 Å². The summed E-state index contributed by atoms with van der Waals surface area (Å²) in [4.78, 5) is 2.51. The molecule has 1 fully saturated rings. The van der Waals surface area contributed by atoms with E-state index in [1.54, 1.807) is 0 Å². The molecule has 20 heavy (non-hydrogen) atoms. The summed E-state index contributed by atoms with van der Waals surface area (Å²) < 4.78 is 6.10. The van der Waals surface area contributed by atoms with Crippen LogP contribution in [0.4, 0.5) is 0 Å². The van der Waals surface area contributed by atoms with Gasteiger partial charge in [0.25, 0.3) is 0 Å². The zero-order valence-electron chi connectivity index (χ0n) is 12.2. The molecule has 3 rings (SSSR count). The first kappa shape index (κ1) is 14.0. The van der Waals surface area contributed by atoms with Crippen molar-refractivity contribution in [2.75, 3.05) is 25.9 Å². The normalized spacial score (nSPS) is 20.6. The van der Waals surface area contributed by atoms with Crippen molar-refractivity contribution >= 4 is 22.7 Å². The lowest BCUT2D eigenvalue weighted by Gasteiger charge is -2.29. The molecule has 108 valence electrons. The van der Waals surface area contributed by atoms with E-state index in [-0.39, 0.29) is 0 Å². The van der Waals surface area contributed by atoms with Crippen LogP contribution in [0.5, 0.6) is 0 Å². The number of hydrogen-bond acceptors (Lipinski definition) is 4. The molecule has 0 saturated carbocycles. The van der Waals surface area contributed by atoms with Gasteiger partial charge in [0.1, 0.15) is 11.3 Å². The van der Waals surface area contributed by atoms with Crippen LogP contribution in [-0.2, 0) is 13.1 Å². The molecule has 1 atom stereocenters. The number of nitrogens with one attached hydrogen (secondary N) is 1. The van der Waals surface area contributed by atoms with Gasteiger partial charge in [-0.1, -0.05) is 25.1 Å². The Morgan fingerprint density at radius 3 is 3.05 bits per heavy atom. The summed E-state index contributed by atoms with van der Waals surface area (Å²) in [7, 11) is 1.99. The number of para-hydroxylation sites is 1. The van der Waals surface area contributed by atoms with Gasteiger partial charge in [-0.3, -0.25) is 4.90 Å². The van der Waals surface area contributed by atoms with Gasteiger partial charge < -0.3 is 9.73 Å². The van der Waals surface area contributed by atoms with Crippen LogP contribution >= 0.6 is 11.8 Å². The molecular formula is C16H22N2OS. The quantitative estimate of drug-likeness (QED) is 0.936. The summed E-state index contributed by atoms with van der Waals surface area (Å²) in [6.45, 7) is 6.41. The maximum absolute atomic E-state index is 6.10. The second kappa shape index (κ2) is 6.20. The lowest BCUT2D eigenvalue weighted by molar-refractivity contribution is 0.256. The Bertz CT molecular complexity index is 581. The van der Waals surface area contributed by atoms with Crippen molar-refractivity contribution in [2.45, 2.75) is 25.3 Å². The molecule has 0 aliphatic carbocycles. The predicted octanol–water partition coefficient (Wildman–Crippen LogP) is 3.09. The third-order valence-corrected chi connectivity index (χ3v) is 4.96. The Kier molecular flexibility index (Phi) is 4.34. The van der Waals surface area contributed by atoms with Crippen molar-refractivity contribution in [2.24, 2.45) is 0 Å². The Balaban J connectivity index is 1.87. The summed E-state index contributed by atoms with van der Waals surface area (Å²) in [5.41, 5.74) is 2.32. The van der Waals surface area contributed by atoms with E-state index in [9.17, 15) is 0 Å². The minimum atomic E-state index is 0.723. The summed E-state index contributed by atoms with van der Waals surface area (Å²) in [5, 5.41) is 5.24. The molecule has 0 bridgehead atoms. The van der Waals surface area contributed by atoms with Gasteiger partial charge >= 0.3 is 0 Å². The average Bonchev–Trinajstić information content (AvgIpc) is 2.77. The molecule has 3 nitrogen and oxygen atoms in total. The minimum absolute atomic E-state index is 0.723. The second-order valence-corrected chi connectivity index (χ2v) is 6.99. The van der Waals surface area contributed by atoms with E-state index in [2.05, 4.69) is 47.1 Å². The van der Waals surface area contributed by atoms with Crippen LogP contribution in [0.2, 0.25) is 0 Å². The van der Waals surface area contributed by atoms with Crippen LogP contribution in [0.15, 0.2) is 28.7 Å². The van der Waals surface area contributed by atoms with Gasteiger partial charge in [-0.2, -0.15) is 11.8 Å². The summed E-state index contributed by atoms with van der Waals surface area (Å²) in [6, 6.07) is 8.34. The largest absolute Gasteiger partial charge is 0.459 e. The molecule has 2 aromatic rings. The fraction of sp³-hybridized carbons (Fsp3) is 0.500. The van der Waals surface area contributed by atoms with Crippen molar-refractivity contribution in [3.05, 3.63) is 35.6 Å². The number of rotatable bonds is 4. The fourth-order valence-electron chi connectivity index (χ4n) is 2.89. The molecule has 0 spiro atoms. The number of fused-ring (bicyclic) bond motifs is 1. The number of hydrogen-bond donors (Lipinski definition) is 1. The molecule has 1 aromatic heterocycles. The standard InChI is InChI=1S/C16H22N2OS/c1-12-10-18(7-8-20-12)11-16-14(9-17-2)13-5-3-4-6-15(13)19-16/h3-6,12,17H,7-11H2,1-2H3. The molecule has 1 unspecified atom stereocenters. The Morgan fingerprint density at radius 1 is 1.40 bits per heavy atom. The van der Waals surface area contributed by atoms with E-state index in [1.807, 2.05) is 13.1 Å². The van der Waals surface area contributed by atoms with Gasteiger partial charge in [0.2, 0.25) is 0 Å². The molecule has 1 N–H and O–H groups in total. The highest BCUT2D eigenvalue weighted by atomic mass is 32.2. The topological polar surface area (TPSA) is 28.4 Å². The maximum Gasteiger partial charge on any atom is 0.134 e. The molecule has 1 aliphatic heterocycles. The molecule has 0 radical (unpaired) electrons. The zero-order chi connectivity index (χ0) is 13.9. The number of thioether (sulfide) groups is 1. The lowest BCUT2D eigenvalue weighted by atomic mass is 10.1. The highest BCUT2D eigenvalue weighted by Gasteiger charge is 2.20. The van der Waals surface area contributed by atoms with Crippen LogP contribution in [-0.4, -0.2) is 36.0 Å². The van der Waals surface area contributed by atoms with Gasteiger partial charge in [-0.05, 0) is 13.1 Å². The van der Waals surface area contributed by atoms with Crippen LogP contribution in [0.25, 0.3) is 11.0 Å². The van der Waals surface area contributed by atoms with Crippen molar-refractivity contribution in [3.8, 4) is 0 Å². The second-order valence-electron chi connectivity index (χ2n) is 5.45. The SMILES string of the molecule is CNCc1c(CN2CCSC(C)C2)oc2ccccc12. The van der Waals surface area contributed by atoms with E-state index >= 15 is 0 Å². The lowest BCUT2D eigenvalue weighted by Crippen LogP contribution is -2.36. The van der Waals surface area contributed by atoms with Crippen LogP contribution in [0.3, 0.4) is 0 Å². The molecule has 1 saturated heterocycles. The first-order valence-corrected chi connectivity index (χ1v) is 8.30. The Morgan fingerprint density at radius 2 is 2.25 bits per heavy atom. The monoisotopic (exact) mass is 290 g/mol. The Labute approximate surface area is 124 Å². The Hall–Kier alpha value is -0.970. The van der Waals surface area contributed by atoms with Crippen LogP contribution in [0.1, 0.15) is 18.2 Å². The predicted molar refractivity (Wildman–Crippen MR) is 86.2 cm³/mol. The molecule has 2 heterocycles.